The summed E-state index contributed by atoms with van der Waals surface area (Å²) in [7, 11) is 0. The van der Waals surface area contributed by atoms with Crippen LogP contribution in [-0.2, 0) is 27.2 Å². The van der Waals surface area contributed by atoms with E-state index in [2.05, 4.69) is 0 Å². The fourth-order valence-electron chi connectivity index (χ4n) is 2.72. The van der Waals surface area contributed by atoms with Crippen LogP contribution in [0.5, 0.6) is 0 Å². The number of halogens is 2. The van der Waals surface area contributed by atoms with Crippen LogP contribution >= 0.6 is 0 Å². The Morgan fingerprint density at radius 3 is 1.29 bits per heavy atom. The molecule has 0 amide bonds. The number of alkyl halides is 2. The molecule has 2 aromatic carbocycles. The lowest BCUT2D eigenvalue weighted by Gasteiger charge is -2.17. The first-order valence-electron chi connectivity index (χ1n) is 8.79. The lowest BCUT2D eigenvalue weighted by molar-refractivity contribution is -0.142. The summed E-state index contributed by atoms with van der Waals surface area (Å²) >= 11 is 0. The Morgan fingerprint density at radius 1 is 0.643 bits per heavy atom. The summed E-state index contributed by atoms with van der Waals surface area (Å²) in [6, 6.07) is 14.5. The van der Waals surface area contributed by atoms with Gasteiger partial charge in [0.2, 0.25) is 18.1 Å². The molecule has 2 aromatic rings. The summed E-state index contributed by atoms with van der Waals surface area (Å²) in [5.74, 6) is -4.29. The highest BCUT2D eigenvalue weighted by atomic mass is 19.1. The van der Waals surface area contributed by atoms with Crippen molar-refractivity contribution in [1.29, 1.82) is 0 Å². The zero-order chi connectivity index (χ0) is 20.7. The van der Waals surface area contributed by atoms with E-state index in [0.717, 1.165) is 0 Å². The third-order valence-corrected chi connectivity index (χ3v) is 4.33. The number of carbonyl (C=O) groups is 3. The molecule has 0 aliphatic heterocycles. The van der Waals surface area contributed by atoms with Gasteiger partial charge >= 0.3 is 0 Å². The van der Waals surface area contributed by atoms with Crippen LogP contribution in [0.1, 0.15) is 11.1 Å². The van der Waals surface area contributed by atoms with E-state index in [1.165, 1.54) is 0 Å². The summed E-state index contributed by atoms with van der Waals surface area (Å²) in [4.78, 5) is 36.0. The van der Waals surface area contributed by atoms with E-state index in [0.29, 0.717) is 11.1 Å². The number of carbonyl (C=O) groups excluding carboxylic acids is 3. The Kier molecular flexibility index (Phi) is 7.66. The van der Waals surface area contributed by atoms with Crippen LogP contribution in [-0.4, -0.2) is 41.8 Å². The molecule has 0 bridgehead atoms. The van der Waals surface area contributed by atoms with Crippen molar-refractivity contribution < 1.29 is 23.2 Å². The van der Waals surface area contributed by atoms with Crippen LogP contribution in [0.25, 0.3) is 0 Å². The maximum atomic E-state index is 14.2. The van der Waals surface area contributed by atoms with Gasteiger partial charge in [0.05, 0.1) is 12.1 Å². The molecule has 0 aliphatic carbocycles. The zero-order valence-corrected chi connectivity index (χ0v) is 15.1. The molecule has 0 saturated heterocycles. The quantitative estimate of drug-likeness (QED) is 0.601. The maximum Gasteiger partial charge on any atom is 0.221 e. The van der Waals surface area contributed by atoms with Gasteiger partial charge in [-0.2, -0.15) is 0 Å². The number of hydrogen-bond acceptors (Lipinski definition) is 5. The summed E-state index contributed by atoms with van der Waals surface area (Å²) in [5, 5.41) is 0. The lowest BCUT2D eigenvalue weighted by atomic mass is 9.94. The molecule has 4 atom stereocenters. The number of nitrogens with two attached hydrogens (primary N) is 2. The minimum atomic E-state index is -2.82. The molecule has 0 fully saturated rings. The van der Waals surface area contributed by atoms with Crippen molar-refractivity contribution in [2.45, 2.75) is 37.3 Å². The highest BCUT2D eigenvalue weighted by molar-refractivity contribution is 6.17. The molecule has 7 heteroatoms. The second-order valence-electron chi connectivity index (χ2n) is 6.52. The van der Waals surface area contributed by atoms with Crippen molar-refractivity contribution in [3.8, 4) is 0 Å². The molecule has 4 N–H and O–H groups in total. The molecule has 148 valence electrons. The third-order valence-electron chi connectivity index (χ3n) is 4.33. The number of rotatable bonds is 10. The standard InChI is InChI=1S/C21H22F2N2O3/c22-17(19(26)15(24)11-13-7-3-1-4-8-13)21(28)18(23)20(27)16(25)12-14-9-5-2-6-10-14/h1-10,15-18H,11-12,24-25H2/t15-,16-,17?,18?/m0/s1. The van der Waals surface area contributed by atoms with Gasteiger partial charge in [0, 0.05) is 0 Å². The molecule has 0 spiro atoms. The molecular formula is C21H22F2N2O3. The Balaban J connectivity index is 1.96. The maximum absolute atomic E-state index is 14.2. The number of hydrogen-bond donors (Lipinski definition) is 2. The van der Waals surface area contributed by atoms with E-state index in [1.54, 1.807) is 60.7 Å². The Hall–Kier alpha value is -2.77. The Morgan fingerprint density at radius 2 is 0.964 bits per heavy atom. The molecule has 2 rings (SSSR count). The van der Waals surface area contributed by atoms with Crippen LogP contribution in [0.2, 0.25) is 0 Å². The van der Waals surface area contributed by atoms with E-state index in [9.17, 15) is 23.2 Å². The van der Waals surface area contributed by atoms with Gasteiger partial charge in [-0.25, -0.2) is 8.78 Å². The van der Waals surface area contributed by atoms with E-state index < -0.39 is 41.8 Å². The van der Waals surface area contributed by atoms with Gasteiger partial charge in [0.25, 0.3) is 0 Å². The van der Waals surface area contributed by atoms with Gasteiger partial charge in [0.15, 0.2) is 11.6 Å². The minimum Gasteiger partial charge on any atom is -0.321 e. The van der Waals surface area contributed by atoms with E-state index >= 15 is 0 Å². The van der Waals surface area contributed by atoms with E-state index in [-0.39, 0.29) is 12.8 Å². The smallest absolute Gasteiger partial charge is 0.221 e. The first-order valence-corrected chi connectivity index (χ1v) is 8.79. The highest BCUT2D eigenvalue weighted by Crippen LogP contribution is 2.12. The summed E-state index contributed by atoms with van der Waals surface area (Å²) in [6.45, 7) is 0. The number of benzene rings is 2. The average molecular weight is 388 g/mol. The second kappa shape index (κ2) is 9.96. The van der Waals surface area contributed by atoms with Gasteiger partial charge in [-0.1, -0.05) is 60.7 Å². The van der Waals surface area contributed by atoms with Crippen molar-refractivity contribution in [2.75, 3.05) is 0 Å². The van der Waals surface area contributed by atoms with Gasteiger partial charge in [-0.05, 0) is 24.0 Å². The molecule has 0 radical (unpaired) electrons. The molecule has 0 aromatic heterocycles. The first kappa shape index (κ1) is 21.5. The predicted molar refractivity (Wildman–Crippen MR) is 101 cm³/mol. The van der Waals surface area contributed by atoms with E-state index in [4.69, 9.17) is 11.5 Å². The Bertz CT molecular complexity index is 747. The largest absolute Gasteiger partial charge is 0.321 e. The lowest BCUT2D eigenvalue weighted by Crippen LogP contribution is -2.48. The van der Waals surface area contributed by atoms with Crippen molar-refractivity contribution >= 4 is 17.3 Å². The average Bonchev–Trinajstić information content (AvgIpc) is 2.72. The molecule has 28 heavy (non-hydrogen) atoms. The van der Waals surface area contributed by atoms with E-state index in [1.807, 2.05) is 0 Å². The number of ketones is 3. The first-order chi connectivity index (χ1) is 13.3. The van der Waals surface area contributed by atoms with Gasteiger partial charge in [0.1, 0.15) is 0 Å². The van der Waals surface area contributed by atoms with Crippen LogP contribution < -0.4 is 11.5 Å². The van der Waals surface area contributed by atoms with Crippen molar-refractivity contribution in [1.82, 2.24) is 0 Å². The monoisotopic (exact) mass is 388 g/mol. The fourth-order valence-corrected chi connectivity index (χ4v) is 2.72. The van der Waals surface area contributed by atoms with Crippen LogP contribution in [0, 0.1) is 0 Å². The second-order valence-corrected chi connectivity index (χ2v) is 6.52. The predicted octanol–water partition coefficient (Wildman–Crippen LogP) is 1.51. The molecule has 2 unspecified atom stereocenters. The summed E-state index contributed by atoms with van der Waals surface area (Å²) in [6.07, 6.45) is -5.65. The van der Waals surface area contributed by atoms with Crippen molar-refractivity contribution in [2.24, 2.45) is 11.5 Å². The van der Waals surface area contributed by atoms with Crippen molar-refractivity contribution in [3.05, 3.63) is 71.8 Å². The summed E-state index contributed by atoms with van der Waals surface area (Å²) < 4.78 is 28.5. The van der Waals surface area contributed by atoms with Gasteiger partial charge < -0.3 is 11.5 Å². The van der Waals surface area contributed by atoms with Crippen LogP contribution in [0.4, 0.5) is 8.78 Å². The molecule has 0 aliphatic rings. The molecule has 0 heterocycles. The minimum absolute atomic E-state index is 0.00814. The zero-order valence-electron chi connectivity index (χ0n) is 15.1. The molecular weight excluding hydrogens is 366 g/mol. The van der Waals surface area contributed by atoms with Crippen LogP contribution in [0.15, 0.2) is 60.7 Å². The topological polar surface area (TPSA) is 103 Å². The highest BCUT2D eigenvalue weighted by Gasteiger charge is 2.40. The Labute approximate surface area is 161 Å². The van der Waals surface area contributed by atoms with Crippen molar-refractivity contribution in [3.63, 3.8) is 0 Å². The number of Topliss-reactive ketones (excluding diaryl/α,β-unsaturated/α-hetero) is 3. The SMILES string of the molecule is N[C@@H](Cc1ccccc1)C(=O)C(F)C(=O)C(F)C(=O)[C@@H](N)Cc1ccccc1. The van der Waals surface area contributed by atoms with Crippen LogP contribution in [0.3, 0.4) is 0 Å². The fraction of sp³-hybridized carbons (Fsp3) is 0.286. The summed E-state index contributed by atoms with van der Waals surface area (Å²) in [5.41, 5.74) is 12.6. The third kappa shape index (κ3) is 5.61. The van der Waals surface area contributed by atoms with Gasteiger partial charge in [-0.3, -0.25) is 14.4 Å². The molecule has 0 saturated carbocycles. The normalized spacial score (nSPS) is 15.3. The van der Waals surface area contributed by atoms with Gasteiger partial charge in [-0.15, -0.1) is 0 Å². The molecule has 5 nitrogen and oxygen atoms in total.